The number of benzene rings is 2. The molecule has 122 valence electrons. The summed E-state index contributed by atoms with van der Waals surface area (Å²) in [6.07, 6.45) is 0. The van der Waals surface area contributed by atoms with E-state index in [9.17, 15) is 13.6 Å². The number of hydrogen-bond acceptors (Lipinski definition) is 3. The van der Waals surface area contributed by atoms with Gasteiger partial charge in [0.2, 0.25) is 0 Å². The fraction of sp³-hybridized carbons (Fsp3) is 0.0588. The normalized spacial score (nSPS) is 10.7. The topological polar surface area (TPSA) is 42.0 Å². The number of aryl methyl sites for hydroxylation is 1. The molecular formula is C17H11ClF2N2OS. The Bertz CT molecular complexity index is 927. The van der Waals surface area contributed by atoms with Crippen LogP contribution in [0.15, 0.2) is 41.8 Å². The second-order valence-electron chi connectivity index (χ2n) is 5.03. The van der Waals surface area contributed by atoms with Gasteiger partial charge in [0.15, 0.2) is 11.6 Å². The maximum Gasteiger partial charge on any atom is 0.257 e. The molecule has 0 spiro atoms. The van der Waals surface area contributed by atoms with Crippen LogP contribution in [-0.4, -0.2) is 10.9 Å². The van der Waals surface area contributed by atoms with Crippen LogP contribution in [0, 0.1) is 18.6 Å². The van der Waals surface area contributed by atoms with Gasteiger partial charge in [-0.3, -0.25) is 4.79 Å². The minimum atomic E-state index is -1.13. The van der Waals surface area contributed by atoms with Gasteiger partial charge in [0.05, 0.1) is 21.3 Å². The molecule has 0 radical (unpaired) electrons. The minimum Gasteiger partial charge on any atom is -0.322 e. The summed E-state index contributed by atoms with van der Waals surface area (Å²) >= 11 is 7.34. The SMILES string of the molecule is Cc1nc(-c2cccc(NC(=O)c3cc(F)c(F)cc3Cl)c2)cs1. The fourth-order valence-electron chi connectivity index (χ4n) is 2.15. The number of thiazole rings is 1. The third-order valence-electron chi connectivity index (χ3n) is 3.29. The lowest BCUT2D eigenvalue weighted by Crippen LogP contribution is -2.13. The van der Waals surface area contributed by atoms with Gasteiger partial charge in [0.1, 0.15) is 0 Å². The molecule has 3 aromatic rings. The molecule has 0 unspecified atom stereocenters. The van der Waals surface area contributed by atoms with Crippen molar-refractivity contribution in [3.05, 3.63) is 69.0 Å². The quantitative estimate of drug-likeness (QED) is 0.640. The maximum atomic E-state index is 13.3. The predicted molar refractivity (Wildman–Crippen MR) is 91.6 cm³/mol. The van der Waals surface area contributed by atoms with Crippen LogP contribution in [0.4, 0.5) is 14.5 Å². The van der Waals surface area contributed by atoms with Crippen molar-refractivity contribution in [2.75, 3.05) is 5.32 Å². The van der Waals surface area contributed by atoms with Crippen LogP contribution < -0.4 is 5.32 Å². The number of halogens is 3. The predicted octanol–water partition coefficient (Wildman–Crippen LogP) is 5.30. The average Bonchev–Trinajstić information content (AvgIpc) is 2.97. The van der Waals surface area contributed by atoms with E-state index in [4.69, 9.17) is 11.6 Å². The number of nitrogens with one attached hydrogen (secondary N) is 1. The summed E-state index contributed by atoms with van der Waals surface area (Å²) in [5.41, 5.74) is 2.02. The molecule has 1 N–H and O–H groups in total. The van der Waals surface area contributed by atoms with Crippen LogP contribution in [-0.2, 0) is 0 Å². The Morgan fingerprint density at radius 2 is 1.96 bits per heavy atom. The fourth-order valence-corrected chi connectivity index (χ4v) is 3.01. The molecule has 0 aliphatic carbocycles. The molecule has 1 heterocycles. The largest absolute Gasteiger partial charge is 0.322 e. The summed E-state index contributed by atoms with van der Waals surface area (Å²) in [6.45, 7) is 1.91. The monoisotopic (exact) mass is 364 g/mol. The Balaban J connectivity index is 1.86. The Morgan fingerprint density at radius 1 is 1.21 bits per heavy atom. The maximum absolute atomic E-state index is 13.3. The number of hydrogen-bond donors (Lipinski definition) is 1. The van der Waals surface area contributed by atoms with E-state index in [1.165, 1.54) is 11.3 Å². The summed E-state index contributed by atoms with van der Waals surface area (Å²) in [5.74, 6) is -2.85. The first-order valence-electron chi connectivity index (χ1n) is 6.92. The summed E-state index contributed by atoms with van der Waals surface area (Å²) < 4.78 is 26.4. The third kappa shape index (κ3) is 3.44. The lowest BCUT2D eigenvalue weighted by Gasteiger charge is -2.08. The van der Waals surface area contributed by atoms with Crippen LogP contribution >= 0.6 is 22.9 Å². The van der Waals surface area contributed by atoms with Gasteiger partial charge in [-0.25, -0.2) is 13.8 Å². The molecule has 0 saturated carbocycles. The Morgan fingerprint density at radius 3 is 2.67 bits per heavy atom. The van der Waals surface area contributed by atoms with E-state index in [0.29, 0.717) is 5.69 Å². The highest BCUT2D eigenvalue weighted by Crippen LogP contribution is 2.25. The van der Waals surface area contributed by atoms with Gasteiger partial charge in [0, 0.05) is 16.6 Å². The number of anilines is 1. The highest BCUT2D eigenvalue weighted by molar-refractivity contribution is 7.09. The first-order valence-corrected chi connectivity index (χ1v) is 8.18. The highest BCUT2D eigenvalue weighted by atomic mass is 35.5. The standard InChI is InChI=1S/C17H11ClF2N2OS/c1-9-21-16(8-24-9)10-3-2-4-11(5-10)22-17(23)12-6-14(19)15(20)7-13(12)18/h2-8H,1H3,(H,22,23). The molecule has 0 aliphatic rings. The first kappa shape index (κ1) is 16.5. The van der Waals surface area contributed by atoms with Crippen molar-refractivity contribution in [1.29, 1.82) is 0 Å². The molecule has 1 amide bonds. The van der Waals surface area contributed by atoms with E-state index in [1.807, 2.05) is 18.4 Å². The van der Waals surface area contributed by atoms with Crippen molar-refractivity contribution in [2.45, 2.75) is 6.92 Å². The Kier molecular flexibility index (Phi) is 4.59. The summed E-state index contributed by atoms with van der Waals surface area (Å²) in [7, 11) is 0. The number of amides is 1. The smallest absolute Gasteiger partial charge is 0.257 e. The zero-order valence-corrected chi connectivity index (χ0v) is 14.0. The minimum absolute atomic E-state index is 0.134. The molecule has 0 bridgehead atoms. The van der Waals surface area contributed by atoms with E-state index >= 15 is 0 Å². The molecule has 1 aromatic heterocycles. The first-order chi connectivity index (χ1) is 11.4. The number of nitrogens with zero attached hydrogens (tertiary/aromatic N) is 1. The van der Waals surface area contributed by atoms with E-state index < -0.39 is 17.5 Å². The molecule has 3 rings (SSSR count). The Labute approximate surface area is 145 Å². The van der Waals surface area contributed by atoms with Crippen molar-refractivity contribution in [2.24, 2.45) is 0 Å². The molecular weight excluding hydrogens is 354 g/mol. The number of carbonyl (C=O) groups excluding carboxylic acids is 1. The molecule has 0 atom stereocenters. The third-order valence-corrected chi connectivity index (χ3v) is 4.38. The molecule has 0 aliphatic heterocycles. The van der Waals surface area contributed by atoms with Gasteiger partial charge in [0.25, 0.3) is 5.91 Å². The van der Waals surface area contributed by atoms with E-state index in [1.54, 1.807) is 18.2 Å². The zero-order valence-electron chi connectivity index (χ0n) is 12.4. The molecule has 24 heavy (non-hydrogen) atoms. The van der Waals surface area contributed by atoms with Crippen LogP contribution in [0.1, 0.15) is 15.4 Å². The second kappa shape index (κ2) is 6.67. The number of aromatic nitrogens is 1. The summed E-state index contributed by atoms with van der Waals surface area (Å²) in [4.78, 5) is 16.6. The van der Waals surface area contributed by atoms with Crippen molar-refractivity contribution in [3.63, 3.8) is 0 Å². The van der Waals surface area contributed by atoms with E-state index in [2.05, 4.69) is 10.3 Å². The van der Waals surface area contributed by atoms with Crippen LogP contribution in [0.25, 0.3) is 11.3 Å². The molecule has 3 nitrogen and oxygen atoms in total. The Hall–Kier alpha value is -2.31. The second-order valence-corrected chi connectivity index (χ2v) is 6.50. The van der Waals surface area contributed by atoms with Gasteiger partial charge in [-0.2, -0.15) is 0 Å². The van der Waals surface area contributed by atoms with Gasteiger partial charge in [-0.15, -0.1) is 11.3 Å². The van der Waals surface area contributed by atoms with Crippen molar-refractivity contribution < 1.29 is 13.6 Å². The zero-order chi connectivity index (χ0) is 17.3. The number of carbonyl (C=O) groups is 1. The van der Waals surface area contributed by atoms with Gasteiger partial charge < -0.3 is 5.32 Å². The summed E-state index contributed by atoms with van der Waals surface area (Å²) in [6, 6.07) is 8.64. The lowest BCUT2D eigenvalue weighted by atomic mass is 10.1. The number of rotatable bonds is 3. The van der Waals surface area contributed by atoms with Crippen molar-refractivity contribution in [3.8, 4) is 11.3 Å². The molecule has 2 aromatic carbocycles. The van der Waals surface area contributed by atoms with Gasteiger partial charge in [-0.1, -0.05) is 23.7 Å². The summed E-state index contributed by atoms with van der Waals surface area (Å²) in [5, 5.41) is 5.33. The van der Waals surface area contributed by atoms with E-state index in [0.717, 1.165) is 28.4 Å². The van der Waals surface area contributed by atoms with E-state index in [-0.39, 0.29) is 10.6 Å². The van der Waals surface area contributed by atoms with Crippen LogP contribution in [0.3, 0.4) is 0 Å². The van der Waals surface area contributed by atoms with Crippen LogP contribution in [0.5, 0.6) is 0 Å². The van der Waals surface area contributed by atoms with Crippen molar-refractivity contribution >= 4 is 34.5 Å². The van der Waals surface area contributed by atoms with Gasteiger partial charge in [-0.05, 0) is 31.2 Å². The molecule has 0 saturated heterocycles. The molecule has 0 fully saturated rings. The van der Waals surface area contributed by atoms with Crippen LogP contribution in [0.2, 0.25) is 5.02 Å². The van der Waals surface area contributed by atoms with Crippen molar-refractivity contribution in [1.82, 2.24) is 4.98 Å². The lowest BCUT2D eigenvalue weighted by molar-refractivity contribution is 0.102. The molecule has 7 heteroatoms. The van der Waals surface area contributed by atoms with Gasteiger partial charge >= 0.3 is 0 Å². The highest BCUT2D eigenvalue weighted by Gasteiger charge is 2.15. The average molecular weight is 365 g/mol.